The average Bonchev–Trinajstić information content (AvgIpc) is 3.41. The number of halogens is 1. The molecule has 0 bridgehead atoms. The Bertz CT molecular complexity index is 561. The SMILES string of the molecule is O=C(NCCc1ccc(Cl)cc1)C1CCN(C(=O)C2CC2)CC1. The van der Waals surface area contributed by atoms with Gasteiger partial charge >= 0.3 is 0 Å². The maximum atomic E-state index is 12.2. The molecule has 1 aromatic carbocycles. The molecule has 0 aromatic heterocycles. The van der Waals surface area contributed by atoms with Crippen molar-refractivity contribution in [1.82, 2.24) is 10.2 Å². The summed E-state index contributed by atoms with van der Waals surface area (Å²) in [4.78, 5) is 26.2. The van der Waals surface area contributed by atoms with Crippen molar-refractivity contribution in [3.8, 4) is 0 Å². The number of carbonyl (C=O) groups excluding carboxylic acids is 2. The molecule has 1 heterocycles. The van der Waals surface area contributed by atoms with Gasteiger partial charge < -0.3 is 10.2 Å². The first-order chi connectivity index (χ1) is 11.1. The van der Waals surface area contributed by atoms with E-state index in [0.717, 1.165) is 50.2 Å². The first kappa shape index (κ1) is 16.3. The van der Waals surface area contributed by atoms with Crippen LogP contribution in [0.1, 0.15) is 31.2 Å². The summed E-state index contributed by atoms with van der Waals surface area (Å²) in [6.07, 6.45) is 4.46. The summed E-state index contributed by atoms with van der Waals surface area (Å²) in [5.74, 6) is 0.743. The Labute approximate surface area is 142 Å². The fourth-order valence-electron chi connectivity index (χ4n) is 3.08. The minimum atomic E-state index is 0.0449. The molecule has 2 fully saturated rings. The van der Waals surface area contributed by atoms with Crippen LogP contribution in [0.2, 0.25) is 5.02 Å². The molecule has 0 radical (unpaired) electrons. The van der Waals surface area contributed by atoms with Gasteiger partial charge in [0.05, 0.1) is 0 Å². The van der Waals surface area contributed by atoms with E-state index >= 15 is 0 Å². The molecule has 2 amide bonds. The highest BCUT2D eigenvalue weighted by Crippen LogP contribution is 2.32. The zero-order valence-electron chi connectivity index (χ0n) is 13.3. The molecule has 1 saturated carbocycles. The van der Waals surface area contributed by atoms with Crippen molar-refractivity contribution in [2.75, 3.05) is 19.6 Å². The molecule has 5 heteroatoms. The maximum Gasteiger partial charge on any atom is 0.225 e. The summed E-state index contributed by atoms with van der Waals surface area (Å²) in [6.45, 7) is 2.09. The van der Waals surface area contributed by atoms with Gasteiger partial charge in [0.1, 0.15) is 0 Å². The van der Waals surface area contributed by atoms with Crippen LogP contribution < -0.4 is 5.32 Å². The summed E-state index contributed by atoms with van der Waals surface area (Å²) in [5, 5.41) is 3.75. The Morgan fingerprint density at radius 1 is 1.04 bits per heavy atom. The molecule has 1 aromatic rings. The van der Waals surface area contributed by atoms with Gasteiger partial charge in [-0.05, 0) is 49.8 Å². The third-order valence-electron chi connectivity index (χ3n) is 4.73. The van der Waals surface area contributed by atoms with E-state index in [9.17, 15) is 9.59 Å². The Morgan fingerprint density at radius 3 is 2.30 bits per heavy atom. The number of carbonyl (C=O) groups is 2. The van der Waals surface area contributed by atoms with E-state index in [4.69, 9.17) is 11.6 Å². The van der Waals surface area contributed by atoms with Gasteiger partial charge in [0, 0.05) is 36.5 Å². The lowest BCUT2D eigenvalue weighted by Gasteiger charge is -2.31. The van der Waals surface area contributed by atoms with E-state index < -0.39 is 0 Å². The van der Waals surface area contributed by atoms with Crippen molar-refractivity contribution in [3.05, 3.63) is 34.9 Å². The number of nitrogens with zero attached hydrogens (tertiary/aromatic N) is 1. The second-order valence-electron chi connectivity index (χ2n) is 6.54. The second kappa shape index (κ2) is 7.35. The summed E-state index contributed by atoms with van der Waals surface area (Å²) in [7, 11) is 0. The summed E-state index contributed by atoms with van der Waals surface area (Å²) in [6, 6.07) is 7.70. The van der Waals surface area contributed by atoms with Crippen LogP contribution in [0.4, 0.5) is 0 Å². The Balaban J connectivity index is 1.37. The molecule has 0 unspecified atom stereocenters. The monoisotopic (exact) mass is 334 g/mol. The van der Waals surface area contributed by atoms with Crippen LogP contribution in [-0.2, 0) is 16.0 Å². The molecular weight excluding hydrogens is 312 g/mol. The van der Waals surface area contributed by atoms with Gasteiger partial charge in [-0.25, -0.2) is 0 Å². The number of piperidine rings is 1. The fraction of sp³-hybridized carbons (Fsp3) is 0.556. The van der Waals surface area contributed by atoms with E-state index in [-0.39, 0.29) is 17.7 Å². The van der Waals surface area contributed by atoms with Crippen molar-refractivity contribution < 1.29 is 9.59 Å². The van der Waals surface area contributed by atoms with Crippen molar-refractivity contribution in [2.45, 2.75) is 32.1 Å². The third-order valence-corrected chi connectivity index (χ3v) is 4.98. The van der Waals surface area contributed by atoms with Crippen LogP contribution in [0, 0.1) is 11.8 Å². The molecule has 1 saturated heterocycles. The second-order valence-corrected chi connectivity index (χ2v) is 6.98. The highest BCUT2D eigenvalue weighted by Gasteiger charge is 2.35. The van der Waals surface area contributed by atoms with Crippen LogP contribution in [0.5, 0.6) is 0 Å². The van der Waals surface area contributed by atoms with Gasteiger partial charge in [0.15, 0.2) is 0 Å². The largest absolute Gasteiger partial charge is 0.356 e. The van der Waals surface area contributed by atoms with E-state index in [1.165, 1.54) is 5.56 Å². The number of nitrogens with one attached hydrogen (secondary N) is 1. The summed E-state index contributed by atoms with van der Waals surface area (Å²) < 4.78 is 0. The summed E-state index contributed by atoms with van der Waals surface area (Å²) >= 11 is 5.86. The predicted octanol–water partition coefficient (Wildman–Crippen LogP) is 2.65. The van der Waals surface area contributed by atoms with E-state index in [1.54, 1.807) is 0 Å². The Hall–Kier alpha value is -1.55. The van der Waals surface area contributed by atoms with Gasteiger partial charge in [0.2, 0.25) is 11.8 Å². The standard InChI is InChI=1S/C18H23ClN2O2/c19-16-5-1-13(2-6-16)7-10-20-17(22)14-8-11-21(12-9-14)18(23)15-3-4-15/h1-2,5-6,14-15H,3-4,7-12H2,(H,20,22). The molecule has 23 heavy (non-hydrogen) atoms. The highest BCUT2D eigenvalue weighted by atomic mass is 35.5. The van der Waals surface area contributed by atoms with Crippen LogP contribution in [0.3, 0.4) is 0 Å². The molecule has 4 nitrogen and oxygen atoms in total. The third kappa shape index (κ3) is 4.47. The minimum Gasteiger partial charge on any atom is -0.356 e. The Morgan fingerprint density at radius 2 is 1.70 bits per heavy atom. The number of hydrogen-bond acceptors (Lipinski definition) is 2. The number of amides is 2. The van der Waals surface area contributed by atoms with Crippen molar-refractivity contribution in [3.63, 3.8) is 0 Å². The zero-order valence-corrected chi connectivity index (χ0v) is 14.0. The normalized spacial score (nSPS) is 18.7. The first-order valence-electron chi connectivity index (χ1n) is 8.44. The van der Waals surface area contributed by atoms with Crippen LogP contribution in [0.15, 0.2) is 24.3 Å². The molecule has 1 aliphatic carbocycles. The van der Waals surface area contributed by atoms with Gasteiger partial charge in [-0.1, -0.05) is 23.7 Å². The maximum absolute atomic E-state index is 12.2. The topological polar surface area (TPSA) is 49.4 Å². The molecule has 124 valence electrons. The molecule has 1 aliphatic heterocycles. The van der Waals surface area contributed by atoms with E-state index in [1.807, 2.05) is 29.2 Å². The number of benzene rings is 1. The lowest BCUT2D eigenvalue weighted by molar-refractivity contribution is -0.136. The van der Waals surface area contributed by atoms with Crippen LogP contribution >= 0.6 is 11.6 Å². The van der Waals surface area contributed by atoms with Crippen LogP contribution in [0.25, 0.3) is 0 Å². The van der Waals surface area contributed by atoms with Crippen molar-refractivity contribution in [2.24, 2.45) is 11.8 Å². The van der Waals surface area contributed by atoms with Crippen LogP contribution in [-0.4, -0.2) is 36.3 Å². The predicted molar refractivity (Wildman–Crippen MR) is 90.2 cm³/mol. The van der Waals surface area contributed by atoms with Crippen molar-refractivity contribution in [1.29, 1.82) is 0 Å². The lowest BCUT2D eigenvalue weighted by Crippen LogP contribution is -2.43. The Kier molecular flexibility index (Phi) is 5.21. The molecule has 0 atom stereocenters. The first-order valence-corrected chi connectivity index (χ1v) is 8.82. The number of likely N-dealkylation sites (tertiary alicyclic amines) is 1. The van der Waals surface area contributed by atoms with E-state index in [2.05, 4.69) is 5.32 Å². The quantitative estimate of drug-likeness (QED) is 0.900. The minimum absolute atomic E-state index is 0.0449. The molecule has 2 aliphatic rings. The average molecular weight is 335 g/mol. The van der Waals surface area contributed by atoms with Gasteiger partial charge in [-0.3, -0.25) is 9.59 Å². The number of hydrogen-bond donors (Lipinski definition) is 1. The summed E-state index contributed by atoms with van der Waals surface area (Å²) in [5.41, 5.74) is 1.17. The zero-order chi connectivity index (χ0) is 16.2. The van der Waals surface area contributed by atoms with Crippen molar-refractivity contribution >= 4 is 23.4 Å². The van der Waals surface area contributed by atoms with Gasteiger partial charge in [0.25, 0.3) is 0 Å². The molecule has 3 rings (SSSR count). The molecule has 1 N–H and O–H groups in total. The number of rotatable bonds is 5. The van der Waals surface area contributed by atoms with Gasteiger partial charge in [-0.15, -0.1) is 0 Å². The lowest BCUT2D eigenvalue weighted by atomic mass is 9.95. The molecule has 0 spiro atoms. The van der Waals surface area contributed by atoms with E-state index in [0.29, 0.717) is 12.5 Å². The van der Waals surface area contributed by atoms with Gasteiger partial charge in [-0.2, -0.15) is 0 Å². The highest BCUT2D eigenvalue weighted by molar-refractivity contribution is 6.30. The smallest absolute Gasteiger partial charge is 0.225 e. The fourth-order valence-corrected chi connectivity index (χ4v) is 3.20. The molecular formula is C18H23ClN2O2.